The summed E-state index contributed by atoms with van der Waals surface area (Å²) in [6, 6.07) is 6.87. The summed E-state index contributed by atoms with van der Waals surface area (Å²) in [5.74, 6) is -0.353. The highest BCUT2D eigenvalue weighted by Crippen LogP contribution is 2.50. The zero-order chi connectivity index (χ0) is 14.8. The first-order valence-corrected chi connectivity index (χ1v) is 8.21. The van der Waals surface area contributed by atoms with E-state index in [0.717, 1.165) is 0 Å². The van der Waals surface area contributed by atoms with E-state index in [1.54, 1.807) is 31.4 Å². The van der Waals surface area contributed by atoms with Crippen LogP contribution in [-0.2, 0) is 20.4 Å². The van der Waals surface area contributed by atoms with Crippen molar-refractivity contribution in [1.82, 2.24) is 0 Å². The summed E-state index contributed by atoms with van der Waals surface area (Å²) in [7, 11) is -1.75. The Labute approximate surface area is 118 Å². The normalized spacial score (nSPS) is 16.6. The second-order valence-electron chi connectivity index (χ2n) is 5.45. The van der Waals surface area contributed by atoms with E-state index in [-0.39, 0.29) is 17.9 Å². The molecule has 20 heavy (non-hydrogen) atoms. The lowest BCUT2D eigenvalue weighted by molar-refractivity contribution is -0.138. The average Bonchev–Trinajstić information content (AvgIpc) is 3.06. The second kappa shape index (κ2) is 5.44. The van der Waals surface area contributed by atoms with Gasteiger partial charge in [-0.25, -0.2) is 8.42 Å². The van der Waals surface area contributed by atoms with Crippen molar-refractivity contribution in [2.45, 2.75) is 25.0 Å². The van der Waals surface area contributed by atoms with Gasteiger partial charge in [-0.15, -0.1) is 0 Å². The molecule has 1 aromatic rings. The maximum atomic E-state index is 12.2. The maximum Gasteiger partial charge on any atom is 0.303 e. The number of rotatable bonds is 7. The van der Waals surface area contributed by atoms with Gasteiger partial charge in [-0.3, -0.25) is 4.79 Å². The van der Waals surface area contributed by atoms with E-state index in [1.165, 1.54) is 0 Å². The number of carboxylic acids is 1. The Kier molecular flexibility index (Phi) is 4.04. The van der Waals surface area contributed by atoms with Crippen LogP contribution in [0.4, 0.5) is 0 Å². The van der Waals surface area contributed by atoms with Crippen LogP contribution < -0.4 is 4.74 Å². The lowest BCUT2D eigenvalue weighted by Crippen LogP contribution is -2.21. The van der Waals surface area contributed by atoms with Gasteiger partial charge >= 0.3 is 5.97 Å². The summed E-state index contributed by atoms with van der Waals surface area (Å²) in [6.45, 7) is 0. The fourth-order valence-corrected chi connectivity index (χ4v) is 4.49. The molecule has 1 saturated carbocycles. The quantitative estimate of drug-likeness (QED) is 0.831. The Bertz CT molecular complexity index is 584. The van der Waals surface area contributed by atoms with Crippen LogP contribution in [0.2, 0.25) is 0 Å². The van der Waals surface area contributed by atoms with E-state index >= 15 is 0 Å². The topological polar surface area (TPSA) is 80.7 Å². The Morgan fingerprint density at radius 2 is 1.90 bits per heavy atom. The smallest absolute Gasteiger partial charge is 0.303 e. The molecule has 110 valence electrons. The van der Waals surface area contributed by atoms with Gasteiger partial charge in [0, 0.05) is 0 Å². The van der Waals surface area contributed by atoms with Crippen molar-refractivity contribution in [2.75, 3.05) is 12.9 Å². The molecule has 5 nitrogen and oxygen atoms in total. The molecular weight excluding hydrogens is 280 g/mol. The summed E-state index contributed by atoms with van der Waals surface area (Å²) >= 11 is 0. The molecule has 1 aliphatic carbocycles. The van der Waals surface area contributed by atoms with Gasteiger partial charge in [-0.2, -0.15) is 0 Å². The first-order valence-electron chi connectivity index (χ1n) is 6.39. The maximum absolute atomic E-state index is 12.2. The molecule has 0 aliphatic heterocycles. The third-order valence-electron chi connectivity index (χ3n) is 3.56. The molecular formula is C14H18O5S. The van der Waals surface area contributed by atoms with Crippen molar-refractivity contribution in [2.24, 2.45) is 5.41 Å². The average molecular weight is 298 g/mol. The van der Waals surface area contributed by atoms with Crippen molar-refractivity contribution in [3.8, 4) is 5.75 Å². The Morgan fingerprint density at radius 1 is 1.30 bits per heavy atom. The molecule has 1 aromatic carbocycles. The minimum Gasteiger partial charge on any atom is -0.497 e. The summed E-state index contributed by atoms with van der Waals surface area (Å²) in [4.78, 5) is 10.8. The number of hydrogen-bond donors (Lipinski definition) is 1. The Balaban J connectivity index is 2.02. The minimum atomic E-state index is -3.30. The SMILES string of the molecule is COc1ccc(CS(=O)(=O)CC2(CC(=O)O)CC2)cc1. The molecule has 0 aromatic heterocycles. The molecule has 0 unspecified atom stereocenters. The predicted molar refractivity (Wildman–Crippen MR) is 74.4 cm³/mol. The highest BCUT2D eigenvalue weighted by molar-refractivity contribution is 7.90. The summed E-state index contributed by atoms with van der Waals surface area (Å²) in [6.07, 6.45) is 1.30. The van der Waals surface area contributed by atoms with Gasteiger partial charge < -0.3 is 9.84 Å². The van der Waals surface area contributed by atoms with Crippen molar-refractivity contribution in [1.29, 1.82) is 0 Å². The van der Waals surface area contributed by atoms with Crippen LogP contribution in [0.1, 0.15) is 24.8 Å². The third-order valence-corrected chi connectivity index (χ3v) is 5.38. The van der Waals surface area contributed by atoms with Crippen LogP contribution >= 0.6 is 0 Å². The lowest BCUT2D eigenvalue weighted by atomic mass is 10.1. The first kappa shape index (κ1) is 14.8. The fraction of sp³-hybridized carbons (Fsp3) is 0.500. The Hall–Kier alpha value is -1.56. The lowest BCUT2D eigenvalue weighted by Gasteiger charge is -2.13. The van der Waals surface area contributed by atoms with E-state index in [1.807, 2.05) is 0 Å². The number of carbonyl (C=O) groups is 1. The molecule has 6 heteroatoms. The number of aliphatic carboxylic acids is 1. The van der Waals surface area contributed by atoms with E-state index < -0.39 is 21.2 Å². The largest absolute Gasteiger partial charge is 0.497 e. The summed E-state index contributed by atoms with van der Waals surface area (Å²) < 4.78 is 29.4. The van der Waals surface area contributed by atoms with Crippen LogP contribution in [0.25, 0.3) is 0 Å². The molecule has 1 N–H and O–H groups in total. The van der Waals surface area contributed by atoms with Gasteiger partial charge in [0.1, 0.15) is 5.75 Å². The van der Waals surface area contributed by atoms with Crippen LogP contribution in [0.3, 0.4) is 0 Å². The van der Waals surface area contributed by atoms with Crippen LogP contribution in [0.15, 0.2) is 24.3 Å². The standard InChI is InChI=1S/C14H18O5S/c1-19-12-4-2-11(3-5-12)9-20(17,18)10-14(6-7-14)8-13(15)16/h2-5H,6-10H2,1H3,(H,15,16). The molecule has 0 heterocycles. The number of methoxy groups -OCH3 is 1. The van der Waals surface area contributed by atoms with Crippen molar-refractivity contribution < 1.29 is 23.1 Å². The van der Waals surface area contributed by atoms with Crippen molar-refractivity contribution in [3.63, 3.8) is 0 Å². The summed E-state index contributed by atoms with van der Waals surface area (Å²) in [5, 5.41) is 8.82. The van der Waals surface area contributed by atoms with Crippen molar-refractivity contribution in [3.05, 3.63) is 29.8 Å². The highest BCUT2D eigenvalue weighted by Gasteiger charge is 2.47. The molecule has 2 rings (SSSR count). The van der Waals surface area contributed by atoms with Gasteiger partial charge in [0.05, 0.1) is 25.0 Å². The number of benzene rings is 1. The summed E-state index contributed by atoms with van der Waals surface area (Å²) in [5.41, 5.74) is 0.161. The zero-order valence-electron chi connectivity index (χ0n) is 11.3. The van der Waals surface area contributed by atoms with E-state index in [4.69, 9.17) is 9.84 Å². The molecule has 0 saturated heterocycles. The monoisotopic (exact) mass is 298 g/mol. The highest BCUT2D eigenvalue weighted by atomic mass is 32.2. The van der Waals surface area contributed by atoms with Gasteiger partial charge in [0.15, 0.2) is 9.84 Å². The van der Waals surface area contributed by atoms with Gasteiger partial charge in [0.2, 0.25) is 0 Å². The number of sulfone groups is 1. The van der Waals surface area contributed by atoms with Crippen molar-refractivity contribution >= 4 is 15.8 Å². The van der Waals surface area contributed by atoms with Gasteiger partial charge in [-0.1, -0.05) is 12.1 Å². The minimum absolute atomic E-state index is 0.0433. The molecule has 0 radical (unpaired) electrons. The van der Waals surface area contributed by atoms with Crippen LogP contribution in [0, 0.1) is 5.41 Å². The predicted octanol–water partition coefficient (Wildman–Crippen LogP) is 1.86. The van der Waals surface area contributed by atoms with Crippen LogP contribution in [0.5, 0.6) is 5.75 Å². The third kappa shape index (κ3) is 3.96. The fourth-order valence-electron chi connectivity index (χ4n) is 2.36. The molecule has 0 bridgehead atoms. The van der Waals surface area contributed by atoms with E-state index in [9.17, 15) is 13.2 Å². The Morgan fingerprint density at radius 3 is 2.35 bits per heavy atom. The molecule has 0 amide bonds. The molecule has 0 spiro atoms. The van der Waals surface area contributed by atoms with Gasteiger partial charge in [-0.05, 0) is 36.0 Å². The first-order chi connectivity index (χ1) is 9.34. The molecule has 1 aliphatic rings. The second-order valence-corrected chi connectivity index (χ2v) is 7.52. The number of carboxylic acid groups (broad SMARTS) is 1. The van der Waals surface area contributed by atoms with E-state index in [2.05, 4.69) is 0 Å². The number of hydrogen-bond acceptors (Lipinski definition) is 4. The molecule has 1 fully saturated rings. The zero-order valence-corrected chi connectivity index (χ0v) is 12.1. The van der Waals surface area contributed by atoms with Gasteiger partial charge in [0.25, 0.3) is 0 Å². The number of ether oxygens (including phenoxy) is 1. The molecule has 0 atom stereocenters. The van der Waals surface area contributed by atoms with Crippen LogP contribution in [-0.4, -0.2) is 32.4 Å². The van der Waals surface area contributed by atoms with E-state index in [0.29, 0.717) is 24.2 Å².